The molecule has 1 atom stereocenters. The van der Waals surface area contributed by atoms with Gasteiger partial charge in [0, 0.05) is 12.4 Å². The molecule has 1 unspecified atom stereocenters. The minimum Gasteiger partial charge on any atom is -0.550 e. The van der Waals surface area contributed by atoms with E-state index < -0.39 is 5.97 Å². The van der Waals surface area contributed by atoms with Gasteiger partial charge in [0.1, 0.15) is 0 Å². The monoisotopic (exact) mass is 311 g/mol. The molecule has 1 heterocycles. The summed E-state index contributed by atoms with van der Waals surface area (Å²) in [6.45, 7) is 9.62. The van der Waals surface area contributed by atoms with Crippen LogP contribution in [0.25, 0.3) is 0 Å². The van der Waals surface area contributed by atoms with Crippen molar-refractivity contribution in [3.8, 4) is 0 Å². The summed E-state index contributed by atoms with van der Waals surface area (Å²) >= 11 is 0. The molecule has 1 rings (SSSR count). The fourth-order valence-electron chi connectivity index (χ4n) is 3.05. The van der Waals surface area contributed by atoms with Gasteiger partial charge in [0.05, 0.1) is 25.8 Å². The predicted octanol–water partition coefficient (Wildman–Crippen LogP) is 4.03. The van der Waals surface area contributed by atoms with Crippen molar-refractivity contribution in [2.45, 2.75) is 85.0 Å². The van der Waals surface area contributed by atoms with E-state index in [2.05, 4.69) is 26.1 Å². The summed E-state index contributed by atoms with van der Waals surface area (Å²) in [6.07, 6.45) is 19.1. The van der Waals surface area contributed by atoms with Gasteiger partial charge in [0.15, 0.2) is 0 Å². The van der Waals surface area contributed by atoms with Gasteiger partial charge in [-0.25, -0.2) is 0 Å². The molecule has 0 saturated heterocycles. The summed E-state index contributed by atoms with van der Waals surface area (Å²) in [7, 11) is 0. The number of carbonyl (C=O) groups is 1. The van der Waals surface area contributed by atoms with Crippen LogP contribution < -0.4 is 5.11 Å². The number of carboxylic acids is 1. The molecule has 0 aromatic heterocycles. The van der Waals surface area contributed by atoms with E-state index >= 15 is 0 Å². The Morgan fingerprint density at radius 3 is 1.91 bits per heavy atom. The van der Waals surface area contributed by atoms with E-state index in [-0.39, 0.29) is 0 Å². The zero-order valence-corrected chi connectivity index (χ0v) is 15.1. The molecule has 3 heteroatoms. The minimum absolute atomic E-state index is 0.972. The smallest absolute Gasteiger partial charge is 0.0920 e. The highest BCUT2D eigenvalue weighted by atomic mass is 16.4. The highest BCUT2D eigenvalue weighted by Gasteiger charge is 2.24. The van der Waals surface area contributed by atoms with Crippen molar-refractivity contribution in [2.24, 2.45) is 0 Å². The number of hydrogen-bond acceptors (Lipinski definition) is 2. The Morgan fingerprint density at radius 2 is 1.50 bits per heavy atom. The summed E-state index contributed by atoms with van der Waals surface area (Å²) in [4.78, 5) is 8.89. The van der Waals surface area contributed by atoms with E-state index in [4.69, 9.17) is 9.90 Å². The lowest BCUT2D eigenvalue weighted by atomic mass is 10.1. The topological polar surface area (TPSA) is 40.1 Å². The Labute approximate surface area is 138 Å². The molecule has 0 aliphatic carbocycles. The zero-order valence-electron chi connectivity index (χ0n) is 15.1. The van der Waals surface area contributed by atoms with Crippen LogP contribution in [-0.4, -0.2) is 30.1 Å². The number of hydrogen-bond donors (Lipinski definition) is 0. The summed E-state index contributed by atoms with van der Waals surface area (Å²) in [5.74, 6) is -1.08. The van der Waals surface area contributed by atoms with E-state index in [1.165, 1.54) is 88.3 Å². The van der Waals surface area contributed by atoms with Crippen LogP contribution in [-0.2, 0) is 4.79 Å². The highest BCUT2D eigenvalue weighted by Crippen LogP contribution is 2.19. The lowest BCUT2D eigenvalue weighted by molar-refractivity contribution is -0.872. The Morgan fingerprint density at radius 1 is 1.00 bits per heavy atom. The number of carbonyl (C=O) groups excluding carboxylic acids is 1. The third-order valence-electron chi connectivity index (χ3n) is 4.50. The highest BCUT2D eigenvalue weighted by molar-refractivity contribution is 5.60. The first kappa shape index (κ1) is 21.2. The molecule has 1 aliphatic rings. The maximum atomic E-state index is 8.89. The Balaban J connectivity index is 0.000000980. The van der Waals surface area contributed by atoms with Crippen LogP contribution in [0.5, 0.6) is 0 Å². The van der Waals surface area contributed by atoms with Gasteiger partial charge in [0.25, 0.3) is 0 Å². The van der Waals surface area contributed by atoms with E-state index in [1.54, 1.807) is 0 Å². The van der Waals surface area contributed by atoms with E-state index in [1.807, 2.05) is 0 Å². The van der Waals surface area contributed by atoms with Crippen LogP contribution in [0.3, 0.4) is 0 Å². The molecular formula is C19H37NO2. The Hall–Kier alpha value is -0.830. The second kappa shape index (κ2) is 13.8. The third-order valence-corrected chi connectivity index (χ3v) is 4.50. The second-order valence-corrected chi connectivity index (χ2v) is 6.48. The normalized spacial score (nSPS) is 19.8. The quantitative estimate of drug-likeness (QED) is 0.427. The van der Waals surface area contributed by atoms with Gasteiger partial charge in [-0.1, -0.05) is 51.9 Å². The van der Waals surface area contributed by atoms with Gasteiger partial charge in [-0.2, -0.15) is 0 Å². The standard InChI is InChI=1S/C17H34N.C2H4O2/c1-3-5-6-7-8-9-10-11-12-15-18(4-2)16-13-14-17-18;1-2(3)4/h13,16H,3-12,14-15,17H2,1-2H3;1H3,(H,3,4)/q+1;/p-1. The average Bonchev–Trinajstić information content (AvgIpc) is 2.94. The first-order valence-electron chi connectivity index (χ1n) is 9.27. The van der Waals surface area contributed by atoms with Crippen LogP contribution in [0, 0.1) is 0 Å². The molecule has 0 N–H and O–H groups in total. The molecule has 0 aromatic carbocycles. The minimum atomic E-state index is -1.08. The number of rotatable bonds is 11. The van der Waals surface area contributed by atoms with Crippen molar-refractivity contribution in [2.75, 3.05) is 19.6 Å². The molecule has 0 fully saturated rings. The Kier molecular flexibility index (Phi) is 13.3. The molecule has 130 valence electrons. The fraction of sp³-hybridized carbons (Fsp3) is 0.842. The van der Waals surface area contributed by atoms with Gasteiger partial charge < -0.3 is 9.90 Å². The first-order valence-corrected chi connectivity index (χ1v) is 9.27. The van der Waals surface area contributed by atoms with Crippen molar-refractivity contribution in [1.29, 1.82) is 0 Å². The average molecular weight is 312 g/mol. The summed E-state index contributed by atoms with van der Waals surface area (Å²) in [5, 5.41) is 8.89. The van der Waals surface area contributed by atoms with Crippen molar-refractivity contribution >= 4 is 5.97 Å². The third kappa shape index (κ3) is 11.8. The molecule has 3 nitrogen and oxygen atoms in total. The molecular weight excluding hydrogens is 274 g/mol. The summed E-state index contributed by atoms with van der Waals surface area (Å²) < 4.78 is 1.26. The molecule has 0 amide bonds. The van der Waals surface area contributed by atoms with Crippen LogP contribution in [0.2, 0.25) is 0 Å². The van der Waals surface area contributed by atoms with Crippen molar-refractivity contribution in [3.63, 3.8) is 0 Å². The first-order chi connectivity index (χ1) is 10.6. The van der Waals surface area contributed by atoms with Gasteiger partial charge >= 0.3 is 0 Å². The molecule has 0 radical (unpaired) electrons. The van der Waals surface area contributed by atoms with Crippen LogP contribution in [0.15, 0.2) is 12.3 Å². The number of nitrogens with zero attached hydrogens (tertiary/aromatic N) is 1. The van der Waals surface area contributed by atoms with Crippen LogP contribution in [0.4, 0.5) is 0 Å². The lowest BCUT2D eigenvalue weighted by Crippen LogP contribution is -2.41. The van der Waals surface area contributed by atoms with Crippen LogP contribution >= 0.6 is 0 Å². The molecule has 1 aliphatic heterocycles. The maximum Gasteiger partial charge on any atom is 0.0920 e. The van der Waals surface area contributed by atoms with E-state index in [9.17, 15) is 0 Å². The number of carboxylic acid groups (broad SMARTS) is 1. The zero-order chi connectivity index (χ0) is 16.7. The van der Waals surface area contributed by atoms with E-state index in [0.29, 0.717) is 0 Å². The largest absolute Gasteiger partial charge is 0.550 e. The van der Waals surface area contributed by atoms with Gasteiger partial charge in [-0.05, 0) is 32.8 Å². The predicted molar refractivity (Wildman–Crippen MR) is 92.2 cm³/mol. The number of unbranched alkanes of at least 4 members (excludes halogenated alkanes) is 8. The van der Waals surface area contributed by atoms with Gasteiger partial charge in [-0.3, -0.25) is 4.48 Å². The molecule has 0 saturated carbocycles. The molecule has 0 bridgehead atoms. The van der Waals surface area contributed by atoms with E-state index in [0.717, 1.165) is 6.92 Å². The SMILES string of the molecule is CC(=O)[O-].CCCCCCCCCCC[N+]1(CC)C=CCC1. The van der Waals surface area contributed by atoms with Gasteiger partial charge in [-0.15, -0.1) is 0 Å². The van der Waals surface area contributed by atoms with Gasteiger partial charge in [0.2, 0.25) is 0 Å². The summed E-state index contributed by atoms with van der Waals surface area (Å²) in [5.41, 5.74) is 0. The van der Waals surface area contributed by atoms with Crippen molar-refractivity contribution < 1.29 is 14.4 Å². The Bertz CT molecular complexity index is 298. The second-order valence-electron chi connectivity index (χ2n) is 6.48. The molecule has 0 aromatic rings. The van der Waals surface area contributed by atoms with Crippen LogP contribution in [0.1, 0.15) is 85.0 Å². The lowest BCUT2D eigenvalue weighted by Gasteiger charge is -2.30. The molecule has 22 heavy (non-hydrogen) atoms. The number of aliphatic carboxylic acids is 1. The van der Waals surface area contributed by atoms with Crippen molar-refractivity contribution in [1.82, 2.24) is 0 Å². The van der Waals surface area contributed by atoms with Crippen molar-refractivity contribution in [3.05, 3.63) is 12.3 Å². The number of quaternary nitrogens is 1. The maximum absolute atomic E-state index is 8.89. The fourth-order valence-corrected chi connectivity index (χ4v) is 3.05. The summed E-state index contributed by atoms with van der Waals surface area (Å²) in [6, 6.07) is 0. The molecule has 0 spiro atoms.